The summed E-state index contributed by atoms with van der Waals surface area (Å²) in [5.74, 6) is -1.78. The van der Waals surface area contributed by atoms with E-state index in [1.165, 1.54) is 26.0 Å². The molecule has 1 fully saturated rings. The average Bonchev–Trinajstić information content (AvgIpc) is 3.19. The van der Waals surface area contributed by atoms with Gasteiger partial charge < -0.3 is 18.7 Å². The number of benzene rings is 1. The molecule has 2 heterocycles. The zero-order valence-electron chi connectivity index (χ0n) is 24.1. The summed E-state index contributed by atoms with van der Waals surface area (Å²) in [6, 6.07) is 10.1. The number of hydrogen-bond donors (Lipinski definition) is 2. The van der Waals surface area contributed by atoms with Gasteiger partial charge >= 0.3 is 25.4 Å². The number of nitriles is 1. The zero-order chi connectivity index (χ0) is 31.2. The fraction of sp³-hybridized carbons (Fsp3) is 0.519. The highest BCUT2D eigenvalue weighted by Gasteiger charge is 2.58. The van der Waals surface area contributed by atoms with Crippen molar-refractivity contribution in [1.29, 1.82) is 5.26 Å². The van der Waals surface area contributed by atoms with Crippen LogP contribution in [0.15, 0.2) is 52.2 Å². The monoisotopic (exact) mass is 606 g/mol. The molecule has 0 amide bonds. The molecule has 0 aliphatic carbocycles. The van der Waals surface area contributed by atoms with E-state index in [1.54, 1.807) is 45.9 Å². The number of ether oxygens (including phenoxy) is 3. The molecule has 2 N–H and O–H groups in total. The van der Waals surface area contributed by atoms with Crippen molar-refractivity contribution in [3.63, 3.8) is 0 Å². The van der Waals surface area contributed by atoms with Gasteiger partial charge in [-0.05, 0) is 39.8 Å². The highest BCUT2D eigenvalue weighted by Crippen LogP contribution is 2.49. The summed E-state index contributed by atoms with van der Waals surface area (Å²) in [6.45, 7) is 8.79. The van der Waals surface area contributed by atoms with Crippen molar-refractivity contribution in [2.75, 3.05) is 6.61 Å². The van der Waals surface area contributed by atoms with Gasteiger partial charge in [-0.1, -0.05) is 32.0 Å². The number of hydrogen-bond acceptors (Lipinski definition) is 11. The smallest absolute Gasteiger partial charge is 0.459 e. The number of nitrogens with zero attached hydrogens (tertiary/aromatic N) is 2. The first kappa shape index (κ1) is 32.8. The molecular formula is C27H35N4O10P. The van der Waals surface area contributed by atoms with Crippen molar-refractivity contribution in [3.05, 3.63) is 63.4 Å². The van der Waals surface area contributed by atoms with Crippen LogP contribution < -0.4 is 20.9 Å². The number of aromatic nitrogens is 2. The first-order valence-electron chi connectivity index (χ1n) is 13.2. The van der Waals surface area contributed by atoms with E-state index >= 15 is 0 Å². The second kappa shape index (κ2) is 13.5. The Balaban J connectivity index is 1.97. The van der Waals surface area contributed by atoms with E-state index in [9.17, 15) is 29.0 Å². The molecule has 0 saturated carbocycles. The standard InChI is InChI=1S/C27H35N4O10P/c1-16(2)23(33)40-22-20(39-25(27(22,6)15-28)31-13-12-21(32)29-26(31)35)14-37-42(36,41-19-10-8-7-9-11-19)30-18(5)24(34)38-17(3)4/h7-13,16-18,20,22,25H,14H2,1-6H3,(H,30,36)(H,29,32,35)/t18-,20?,22+,25+,27+,42-/m0/s1. The number of rotatable bonds is 12. The number of carbonyl (C=O) groups is 2. The van der Waals surface area contributed by atoms with Gasteiger partial charge in [0.05, 0.1) is 24.7 Å². The van der Waals surface area contributed by atoms with Crippen LogP contribution in [-0.2, 0) is 32.9 Å². The Bertz CT molecular complexity index is 1470. The van der Waals surface area contributed by atoms with E-state index < -0.39 is 79.5 Å². The average molecular weight is 607 g/mol. The maximum absolute atomic E-state index is 14.0. The van der Waals surface area contributed by atoms with Crippen molar-refractivity contribution in [2.45, 2.75) is 72.1 Å². The summed E-state index contributed by atoms with van der Waals surface area (Å²) in [6.07, 6.45) is -3.17. The Kier molecular flexibility index (Phi) is 10.5. The lowest BCUT2D eigenvalue weighted by atomic mass is 9.83. The van der Waals surface area contributed by atoms with Crippen LogP contribution in [0.25, 0.3) is 0 Å². The van der Waals surface area contributed by atoms with Crippen LogP contribution in [0.4, 0.5) is 0 Å². The third kappa shape index (κ3) is 7.74. The largest absolute Gasteiger partial charge is 0.462 e. The summed E-state index contributed by atoms with van der Waals surface area (Å²) >= 11 is 0. The first-order valence-corrected chi connectivity index (χ1v) is 14.8. The van der Waals surface area contributed by atoms with E-state index in [-0.39, 0.29) is 5.75 Å². The molecule has 1 saturated heterocycles. The molecule has 0 bridgehead atoms. The van der Waals surface area contributed by atoms with Gasteiger partial charge in [-0.25, -0.2) is 9.36 Å². The third-order valence-electron chi connectivity index (χ3n) is 6.24. The molecule has 1 aliphatic rings. The number of aromatic amines is 1. The minimum absolute atomic E-state index is 0.160. The normalized spacial score (nSPS) is 24.0. The third-order valence-corrected chi connectivity index (χ3v) is 7.88. The zero-order valence-corrected chi connectivity index (χ0v) is 25.0. The summed E-state index contributed by atoms with van der Waals surface area (Å²) in [5.41, 5.74) is -3.18. The molecule has 0 spiro atoms. The summed E-state index contributed by atoms with van der Waals surface area (Å²) < 4.78 is 43.2. The molecule has 42 heavy (non-hydrogen) atoms. The SMILES string of the molecule is CC(C)OC(=O)[C@H](C)N[P@](=O)(OCC1O[C@@H](n2ccc(=O)[nH]c2=O)[C@](C)(C#N)[C@@H]1OC(=O)C(C)C)Oc1ccccc1. The van der Waals surface area contributed by atoms with Gasteiger partial charge in [0.25, 0.3) is 5.56 Å². The fourth-order valence-corrected chi connectivity index (χ4v) is 5.58. The molecule has 14 nitrogen and oxygen atoms in total. The molecule has 1 unspecified atom stereocenters. The van der Waals surface area contributed by atoms with Crippen LogP contribution in [0.2, 0.25) is 0 Å². The Morgan fingerprint density at radius 1 is 1.14 bits per heavy atom. The highest BCUT2D eigenvalue weighted by atomic mass is 31.2. The second-order valence-corrected chi connectivity index (χ2v) is 12.2. The van der Waals surface area contributed by atoms with Gasteiger partial charge in [-0.15, -0.1) is 0 Å². The van der Waals surface area contributed by atoms with Crippen LogP contribution in [0.5, 0.6) is 5.75 Å². The van der Waals surface area contributed by atoms with Crippen molar-refractivity contribution in [2.24, 2.45) is 11.3 Å². The van der Waals surface area contributed by atoms with Crippen molar-refractivity contribution < 1.29 is 37.4 Å². The molecule has 1 aromatic carbocycles. The van der Waals surface area contributed by atoms with E-state index in [2.05, 4.69) is 16.1 Å². The lowest BCUT2D eigenvalue weighted by Gasteiger charge is -2.29. The van der Waals surface area contributed by atoms with Gasteiger partial charge in [0.1, 0.15) is 23.3 Å². The predicted molar refractivity (Wildman–Crippen MR) is 148 cm³/mol. The van der Waals surface area contributed by atoms with E-state index in [0.717, 1.165) is 16.8 Å². The van der Waals surface area contributed by atoms with Crippen LogP contribution in [0, 0.1) is 22.7 Å². The molecule has 15 heteroatoms. The summed E-state index contributed by atoms with van der Waals surface area (Å²) in [4.78, 5) is 51.5. The van der Waals surface area contributed by atoms with Gasteiger partial charge in [0.2, 0.25) is 0 Å². The quantitative estimate of drug-likeness (QED) is 0.266. The molecule has 6 atom stereocenters. The molecule has 3 rings (SSSR count). The van der Waals surface area contributed by atoms with E-state index in [0.29, 0.717) is 0 Å². The topological polar surface area (TPSA) is 188 Å². The van der Waals surface area contributed by atoms with E-state index in [1.807, 2.05) is 0 Å². The maximum Gasteiger partial charge on any atom is 0.459 e. The molecule has 0 radical (unpaired) electrons. The minimum Gasteiger partial charge on any atom is -0.462 e. The van der Waals surface area contributed by atoms with Gasteiger partial charge in [0, 0.05) is 12.3 Å². The Morgan fingerprint density at radius 2 is 1.81 bits per heavy atom. The number of carbonyl (C=O) groups excluding carboxylic acids is 2. The van der Waals surface area contributed by atoms with Gasteiger partial charge in [-0.3, -0.25) is 28.5 Å². The number of para-hydroxylation sites is 1. The number of nitrogens with one attached hydrogen (secondary N) is 2. The van der Waals surface area contributed by atoms with Crippen molar-refractivity contribution >= 4 is 19.7 Å². The molecule has 228 valence electrons. The minimum atomic E-state index is -4.36. The van der Waals surface area contributed by atoms with Crippen LogP contribution >= 0.6 is 7.75 Å². The number of esters is 2. The number of H-pyrrole nitrogens is 1. The maximum atomic E-state index is 14.0. The fourth-order valence-electron chi connectivity index (χ4n) is 4.08. The van der Waals surface area contributed by atoms with E-state index in [4.69, 9.17) is 23.3 Å². The second-order valence-electron chi connectivity index (χ2n) is 10.5. The van der Waals surface area contributed by atoms with Gasteiger partial charge in [-0.2, -0.15) is 10.3 Å². The summed E-state index contributed by atoms with van der Waals surface area (Å²) in [7, 11) is -4.36. The molecular weight excluding hydrogens is 571 g/mol. The van der Waals surface area contributed by atoms with Crippen molar-refractivity contribution in [1.82, 2.24) is 14.6 Å². The lowest BCUT2D eigenvalue weighted by Crippen LogP contribution is -2.44. The predicted octanol–water partition coefficient (Wildman–Crippen LogP) is 2.67. The Morgan fingerprint density at radius 3 is 2.38 bits per heavy atom. The van der Waals surface area contributed by atoms with Gasteiger partial charge in [0.15, 0.2) is 12.3 Å². The first-order chi connectivity index (χ1) is 19.7. The summed E-state index contributed by atoms with van der Waals surface area (Å²) in [5, 5.41) is 12.8. The molecule has 2 aromatic rings. The Labute approximate surface area is 242 Å². The lowest BCUT2D eigenvalue weighted by molar-refractivity contribution is -0.159. The Hall–Kier alpha value is -3.76. The molecule has 1 aliphatic heterocycles. The van der Waals surface area contributed by atoms with Crippen LogP contribution in [0.1, 0.15) is 47.8 Å². The molecule has 1 aromatic heterocycles. The van der Waals surface area contributed by atoms with Crippen LogP contribution in [-0.4, -0.2) is 52.5 Å². The van der Waals surface area contributed by atoms with Crippen LogP contribution in [0.3, 0.4) is 0 Å². The van der Waals surface area contributed by atoms with Crippen molar-refractivity contribution in [3.8, 4) is 11.8 Å². The highest BCUT2D eigenvalue weighted by molar-refractivity contribution is 7.52.